The highest BCUT2D eigenvalue weighted by molar-refractivity contribution is 5.23. The van der Waals surface area contributed by atoms with Gasteiger partial charge in [-0.3, -0.25) is 4.90 Å². The lowest BCUT2D eigenvalue weighted by molar-refractivity contribution is 0.316. The zero-order valence-electron chi connectivity index (χ0n) is 11.4. The summed E-state index contributed by atoms with van der Waals surface area (Å²) in [5.74, 6) is 0. The van der Waals surface area contributed by atoms with Crippen molar-refractivity contribution in [2.24, 2.45) is 0 Å². The van der Waals surface area contributed by atoms with E-state index in [-0.39, 0.29) is 0 Å². The zero-order chi connectivity index (χ0) is 12.4. The van der Waals surface area contributed by atoms with Crippen LogP contribution in [-0.2, 0) is 13.0 Å². The van der Waals surface area contributed by atoms with Crippen molar-refractivity contribution in [1.82, 2.24) is 10.2 Å². The molecule has 1 N–H and O–H groups in total. The van der Waals surface area contributed by atoms with Crippen LogP contribution in [0.1, 0.15) is 36.8 Å². The minimum absolute atomic E-state index is 0.830. The van der Waals surface area contributed by atoms with Gasteiger partial charge in [0.15, 0.2) is 0 Å². The monoisotopic (exact) mass is 244 g/mol. The average Bonchev–Trinajstić information content (AvgIpc) is 3.25. The van der Waals surface area contributed by atoms with Gasteiger partial charge in [-0.25, -0.2) is 0 Å². The van der Waals surface area contributed by atoms with Crippen LogP contribution in [0.2, 0.25) is 0 Å². The Morgan fingerprint density at radius 1 is 1.06 bits per heavy atom. The maximum absolute atomic E-state index is 3.57. The average molecular weight is 244 g/mol. The second-order valence-corrected chi connectivity index (χ2v) is 5.94. The van der Waals surface area contributed by atoms with Crippen LogP contribution < -0.4 is 5.32 Å². The summed E-state index contributed by atoms with van der Waals surface area (Å²) in [6.07, 6.45) is 6.71. The summed E-state index contributed by atoms with van der Waals surface area (Å²) in [4.78, 5) is 2.48. The molecule has 0 saturated heterocycles. The van der Waals surface area contributed by atoms with Crippen molar-refractivity contribution in [3.8, 4) is 0 Å². The zero-order valence-corrected chi connectivity index (χ0v) is 11.4. The predicted molar refractivity (Wildman–Crippen MR) is 75.7 cm³/mol. The van der Waals surface area contributed by atoms with Crippen molar-refractivity contribution >= 4 is 0 Å². The summed E-state index contributed by atoms with van der Waals surface area (Å²) in [5, 5.41) is 3.57. The molecule has 2 aliphatic rings. The van der Waals surface area contributed by atoms with Gasteiger partial charge < -0.3 is 5.32 Å². The smallest absolute Gasteiger partial charge is 0.0233 e. The summed E-state index contributed by atoms with van der Waals surface area (Å²) < 4.78 is 0. The quantitative estimate of drug-likeness (QED) is 0.793. The lowest BCUT2D eigenvalue weighted by Gasteiger charge is -2.15. The Labute approximate surface area is 110 Å². The Bertz CT molecular complexity index is 377. The number of hydrogen-bond donors (Lipinski definition) is 1. The van der Waals surface area contributed by atoms with E-state index in [9.17, 15) is 0 Å². The standard InChI is InChI=1S/C16H24N2/c1-18(16-8-9-16)12-14-4-2-13(3-5-14)10-11-17-15-6-7-15/h2-5,15-17H,6-12H2,1H3. The Morgan fingerprint density at radius 2 is 1.72 bits per heavy atom. The molecule has 1 aromatic carbocycles. The predicted octanol–water partition coefficient (Wildman–Crippen LogP) is 2.58. The van der Waals surface area contributed by atoms with E-state index in [0.717, 1.165) is 31.6 Å². The molecule has 0 aromatic heterocycles. The molecule has 0 aliphatic heterocycles. The molecule has 0 amide bonds. The van der Waals surface area contributed by atoms with Crippen LogP contribution in [-0.4, -0.2) is 30.6 Å². The van der Waals surface area contributed by atoms with Crippen LogP contribution in [0.15, 0.2) is 24.3 Å². The largest absolute Gasteiger partial charge is 0.314 e. The fourth-order valence-electron chi connectivity index (χ4n) is 2.45. The van der Waals surface area contributed by atoms with Crippen LogP contribution in [0, 0.1) is 0 Å². The third kappa shape index (κ3) is 3.56. The van der Waals surface area contributed by atoms with Gasteiger partial charge in [0.25, 0.3) is 0 Å². The highest BCUT2D eigenvalue weighted by atomic mass is 15.1. The SMILES string of the molecule is CN(Cc1ccc(CCNC2CC2)cc1)C1CC1. The molecule has 0 heterocycles. The molecule has 0 spiro atoms. The van der Waals surface area contributed by atoms with Crippen LogP contribution >= 0.6 is 0 Å². The molecule has 0 bridgehead atoms. The van der Waals surface area contributed by atoms with E-state index in [4.69, 9.17) is 0 Å². The summed E-state index contributed by atoms with van der Waals surface area (Å²) in [5.41, 5.74) is 2.91. The molecule has 18 heavy (non-hydrogen) atoms. The van der Waals surface area contributed by atoms with Crippen LogP contribution in [0.4, 0.5) is 0 Å². The van der Waals surface area contributed by atoms with E-state index in [0.29, 0.717) is 0 Å². The molecule has 0 unspecified atom stereocenters. The lowest BCUT2D eigenvalue weighted by atomic mass is 10.1. The molecule has 3 rings (SSSR count). The topological polar surface area (TPSA) is 15.3 Å². The Hall–Kier alpha value is -0.860. The molecule has 2 heteroatoms. The van der Waals surface area contributed by atoms with Crippen molar-refractivity contribution < 1.29 is 0 Å². The van der Waals surface area contributed by atoms with E-state index in [2.05, 4.69) is 41.5 Å². The highest BCUT2D eigenvalue weighted by Crippen LogP contribution is 2.26. The molecule has 98 valence electrons. The number of hydrogen-bond acceptors (Lipinski definition) is 2. The van der Waals surface area contributed by atoms with E-state index < -0.39 is 0 Å². The normalized spacial score (nSPS) is 19.4. The van der Waals surface area contributed by atoms with Crippen LogP contribution in [0.5, 0.6) is 0 Å². The number of benzene rings is 1. The summed E-state index contributed by atoms with van der Waals surface area (Å²) in [6, 6.07) is 10.9. The van der Waals surface area contributed by atoms with Gasteiger partial charge in [-0.2, -0.15) is 0 Å². The molecular weight excluding hydrogens is 220 g/mol. The molecule has 0 atom stereocenters. The van der Waals surface area contributed by atoms with Crippen molar-refractivity contribution in [3.05, 3.63) is 35.4 Å². The molecule has 2 aliphatic carbocycles. The van der Waals surface area contributed by atoms with Crippen molar-refractivity contribution in [2.45, 2.75) is 50.7 Å². The molecular formula is C16H24N2. The van der Waals surface area contributed by atoms with Gasteiger partial charge in [0.2, 0.25) is 0 Å². The second-order valence-electron chi connectivity index (χ2n) is 5.94. The molecule has 0 radical (unpaired) electrons. The first-order valence-corrected chi connectivity index (χ1v) is 7.33. The minimum atomic E-state index is 0.830. The fourth-order valence-corrected chi connectivity index (χ4v) is 2.45. The maximum atomic E-state index is 3.57. The Balaban J connectivity index is 1.45. The fraction of sp³-hybridized carbons (Fsp3) is 0.625. The second kappa shape index (κ2) is 5.41. The van der Waals surface area contributed by atoms with Gasteiger partial charge in [0.1, 0.15) is 0 Å². The lowest BCUT2D eigenvalue weighted by Crippen LogP contribution is -2.20. The van der Waals surface area contributed by atoms with Gasteiger partial charge >= 0.3 is 0 Å². The summed E-state index contributed by atoms with van der Waals surface area (Å²) in [6.45, 7) is 2.23. The van der Waals surface area contributed by atoms with Crippen LogP contribution in [0.25, 0.3) is 0 Å². The molecule has 2 fully saturated rings. The first-order valence-electron chi connectivity index (χ1n) is 7.33. The van der Waals surface area contributed by atoms with E-state index in [1.807, 2.05) is 0 Å². The third-order valence-corrected chi connectivity index (χ3v) is 4.05. The van der Waals surface area contributed by atoms with E-state index in [1.54, 1.807) is 0 Å². The number of nitrogens with one attached hydrogen (secondary N) is 1. The van der Waals surface area contributed by atoms with Gasteiger partial charge in [0, 0.05) is 18.6 Å². The summed E-state index contributed by atoms with van der Waals surface area (Å²) >= 11 is 0. The van der Waals surface area contributed by atoms with E-state index in [1.165, 1.54) is 36.8 Å². The van der Waals surface area contributed by atoms with Gasteiger partial charge in [0.05, 0.1) is 0 Å². The Morgan fingerprint density at radius 3 is 2.33 bits per heavy atom. The third-order valence-electron chi connectivity index (χ3n) is 4.05. The first kappa shape index (κ1) is 12.2. The van der Waals surface area contributed by atoms with Gasteiger partial charge in [-0.05, 0) is 56.8 Å². The maximum Gasteiger partial charge on any atom is 0.0233 e. The first-order chi connectivity index (χ1) is 8.81. The molecule has 2 saturated carbocycles. The van der Waals surface area contributed by atoms with Crippen molar-refractivity contribution in [1.29, 1.82) is 0 Å². The highest BCUT2D eigenvalue weighted by Gasteiger charge is 2.25. The van der Waals surface area contributed by atoms with E-state index >= 15 is 0 Å². The minimum Gasteiger partial charge on any atom is -0.314 e. The number of nitrogens with zero attached hydrogens (tertiary/aromatic N) is 1. The van der Waals surface area contributed by atoms with Gasteiger partial charge in [-0.1, -0.05) is 24.3 Å². The summed E-state index contributed by atoms with van der Waals surface area (Å²) in [7, 11) is 2.24. The molecule has 1 aromatic rings. The Kier molecular flexibility index (Phi) is 3.67. The van der Waals surface area contributed by atoms with Gasteiger partial charge in [-0.15, -0.1) is 0 Å². The van der Waals surface area contributed by atoms with Crippen molar-refractivity contribution in [3.63, 3.8) is 0 Å². The van der Waals surface area contributed by atoms with Crippen LogP contribution in [0.3, 0.4) is 0 Å². The number of rotatable bonds is 7. The van der Waals surface area contributed by atoms with Crippen molar-refractivity contribution in [2.75, 3.05) is 13.6 Å². The molecule has 2 nitrogen and oxygen atoms in total.